The molecule has 22 heavy (non-hydrogen) atoms. The van der Waals surface area contributed by atoms with Gasteiger partial charge in [-0.25, -0.2) is 0 Å². The van der Waals surface area contributed by atoms with E-state index in [9.17, 15) is 0 Å². The number of hydrogen-bond acceptors (Lipinski definition) is 4. The third-order valence-corrected chi connectivity index (χ3v) is 3.52. The molecule has 0 aliphatic carbocycles. The Morgan fingerprint density at radius 3 is 2.41 bits per heavy atom. The van der Waals surface area contributed by atoms with Crippen LogP contribution >= 0.6 is 11.6 Å². The molecule has 118 valence electrons. The van der Waals surface area contributed by atoms with Crippen LogP contribution < -0.4 is 15.2 Å². The average molecular weight is 322 g/mol. The molecule has 0 spiro atoms. The summed E-state index contributed by atoms with van der Waals surface area (Å²) in [6.07, 6.45) is 0.588. The van der Waals surface area contributed by atoms with Crippen LogP contribution in [-0.2, 0) is 13.0 Å². The number of rotatable bonds is 7. The molecule has 2 aromatic rings. The third kappa shape index (κ3) is 4.63. The predicted molar refractivity (Wildman–Crippen MR) is 87.5 cm³/mol. The maximum Gasteiger partial charge on any atom is 0.161 e. The van der Waals surface area contributed by atoms with E-state index < -0.39 is 0 Å². The fourth-order valence-electron chi connectivity index (χ4n) is 2.07. The minimum Gasteiger partial charge on any atom is -0.493 e. The highest BCUT2D eigenvalue weighted by Crippen LogP contribution is 2.29. The van der Waals surface area contributed by atoms with Crippen LogP contribution in [-0.4, -0.2) is 24.9 Å². The molecule has 2 aromatic carbocycles. The molecule has 5 heteroatoms. The van der Waals surface area contributed by atoms with Crippen molar-refractivity contribution < 1.29 is 14.6 Å². The standard InChI is InChI=1S/C17H20ClNO3/c1-21-17-9-13(8-15(19)10-20)4-7-16(17)22-11-12-2-5-14(18)6-3-12/h2-7,9,15,20H,8,10-11,19H2,1H3. The van der Waals surface area contributed by atoms with Crippen molar-refractivity contribution in [3.63, 3.8) is 0 Å². The first-order valence-corrected chi connectivity index (χ1v) is 7.40. The highest BCUT2D eigenvalue weighted by atomic mass is 35.5. The smallest absolute Gasteiger partial charge is 0.161 e. The Morgan fingerprint density at radius 1 is 1.09 bits per heavy atom. The highest BCUT2D eigenvalue weighted by Gasteiger charge is 2.09. The molecule has 0 saturated carbocycles. The molecule has 1 unspecified atom stereocenters. The van der Waals surface area contributed by atoms with Gasteiger partial charge in [-0.15, -0.1) is 0 Å². The van der Waals surface area contributed by atoms with E-state index in [0.717, 1.165) is 11.1 Å². The van der Waals surface area contributed by atoms with Crippen LogP contribution in [0.3, 0.4) is 0 Å². The van der Waals surface area contributed by atoms with Crippen molar-refractivity contribution >= 4 is 11.6 Å². The second-order valence-electron chi connectivity index (χ2n) is 5.05. The van der Waals surface area contributed by atoms with Crippen LogP contribution in [0.2, 0.25) is 5.02 Å². The molecule has 0 aliphatic rings. The van der Waals surface area contributed by atoms with Crippen molar-refractivity contribution in [3.05, 3.63) is 58.6 Å². The lowest BCUT2D eigenvalue weighted by molar-refractivity contribution is 0.265. The Morgan fingerprint density at radius 2 is 1.77 bits per heavy atom. The van der Waals surface area contributed by atoms with Crippen LogP contribution in [0.5, 0.6) is 11.5 Å². The van der Waals surface area contributed by atoms with Gasteiger partial charge in [0.05, 0.1) is 13.7 Å². The molecule has 1 atom stereocenters. The number of nitrogens with two attached hydrogens (primary N) is 1. The van der Waals surface area contributed by atoms with Crippen molar-refractivity contribution in [1.82, 2.24) is 0 Å². The van der Waals surface area contributed by atoms with E-state index in [1.54, 1.807) is 7.11 Å². The van der Waals surface area contributed by atoms with Crippen molar-refractivity contribution in [2.45, 2.75) is 19.1 Å². The minimum atomic E-state index is -0.273. The molecule has 2 rings (SSSR count). The summed E-state index contributed by atoms with van der Waals surface area (Å²) in [5, 5.41) is 9.72. The topological polar surface area (TPSA) is 64.7 Å². The summed E-state index contributed by atoms with van der Waals surface area (Å²) in [4.78, 5) is 0. The summed E-state index contributed by atoms with van der Waals surface area (Å²) in [6, 6.07) is 12.9. The van der Waals surface area contributed by atoms with Crippen molar-refractivity contribution in [2.24, 2.45) is 5.73 Å². The number of aliphatic hydroxyl groups is 1. The van der Waals surface area contributed by atoms with Gasteiger partial charge in [-0.05, 0) is 41.8 Å². The van der Waals surface area contributed by atoms with Gasteiger partial charge in [0.25, 0.3) is 0 Å². The second-order valence-corrected chi connectivity index (χ2v) is 5.48. The van der Waals surface area contributed by atoms with Gasteiger partial charge >= 0.3 is 0 Å². The van der Waals surface area contributed by atoms with Crippen LogP contribution in [0.1, 0.15) is 11.1 Å². The molecular formula is C17H20ClNO3. The molecular weight excluding hydrogens is 302 g/mol. The molecule has 0 bridgehead atoms. The van der Waals surface area contributed by atoms with Gasteiger partial charge in [-0.3, -0.25) is 0 Å². The van der Waals surface area contributed by atoms with Crippen LogP contribution in [0, 0.1) is 0 Å². The molecule has 0 amide bonds. The average Bonchev–Trinajstić information content (AvgIpc) is 2.54. The molecule has 0 fully saturated rings. The summed E-state index contributed by atoms with van der Waals surface area (Å²) in [5.74, 6) is 1.32. The van der Waals surface area contributed by atoms with Gasteiger partial charge in [-0.1, -0.05) is 29.8 Å². The Balaban J connectivity index is 2.05. The summed E-state index contributed by atoms with van der Waals surface area (Å²) in [6.45, 7) is 0.389. The molecule has 0 aromatic heterocycles. The monoisotopic (exact) mass is 321 g/mol. The van der Waals surface area contributed by atoms with Crippen LogP contribution in [0.4, 0.5) is 0 Å². The zero-order valence-electron chi connectivity index (χ0n) is 12.5. The zero-order valence-corrected chi connectivity index (χ0v) is 13.2. The number of benzene rings is 2. The number of ether oxygens (including phenoxy) is 2. The Bertz CT molecular complexity index is 601. The predicted octanol–water partition coefficient (Wildman–Crippen LogP) is 2.79. The number of methoxy groups -OCH3 is 1. The molecule has 0 radical (unpaired) electrons. The lowest BCUT2D eigenvalue weighted by Gasteiger charge is -2.14. The normalized spacial score (nSPS) is 12.0. The van der Waals surface area contributed by atoms with Gasteiger partial charge in [-0.2, -0.15) is 0 Å². The van der Waals surface area contributed by atoms with E-state index in [1.165, 1.54) is 0 Å². The van der Waals surface area contributed by atoms with E-state index in [1.807, 2.05) is 42.5 Å². The summed E-state index contributed by atoms with van der Waals surface area (Å²) in [7, 11) is 1.60. The number of hydrogen-bond donors (Lipinski definition) is 2. The van der Waals surface area contributed by atoms with Gasteiger partial charge in [0.15, 0.2) is 11.5 Å². The number of aliphatic hydroxyl groups excluding tert-OH is 1. The summed E-state index contributed by atoms with van der Waals surface area (Å²) in [5.41, 5.74) is 7.77. The van der Waals surface area contributed by atoms with E-state index in [-0.39, 0.29) is 12.6 Å². The van der Waals surface area contributed by atoms with E-state index in [0.29, 0.717) is 29.5 Å². The minimum absolute atomic E-state index is 0.0445. The van der Waals surface area contributed by atoms with Crippen LogP contribution in [0.15, 0.2) is 42.5 Å². The lowest BCUT2D eigenvalue weighted by Crippen LogP contribution is -2.26. The first kappa shape index (κ1) is 16.6. The highest BCUT2D eigenvalue weighted by molar-refractivity contribution is 6.30. The van der Waals surface area contributed by atoms with Gasteiger partial charge in [0, 0.05) is 11.1 Å². The first-order chi connectivity index (χ1) is 10.6. The molecule has 0 saturated heterocycles. The zero-order chi connectivity index (χ0) is 15.9. The lowest BCUT2D eigenvalue weighted by atomic mass is 10.1. The van der Waals surface area contributed by atoms with Crippen molar-refractivity contribution in [3.8, 4) is 11.5 Å². The van der Waals surface area contributed by atoms with Crippen LogP contribution in [0.25, 0.3) is 0 Å². The maximum absolute atomic E-state index is 9.02. The van der Waals surface area contributed by atoms with Gasteiger partial charge < -0.3 is 20.3 Å². The Hall–Kier alpha value is -1.75. The van der Waals surface area contributed by atoms with E-state index in [4.69, 9.17) is 31.9 Å². The van der Waals surface area contributed by atoms with Gasteiger partial charge in [0.1, 0.15) is 6.61 Å². The summed E-state index contributed by atoms with van der Waals surface area (Å²) >= 11 is 5.86. The van der Waals surface area contributed by atoms with Crippen molar-refractivity contribution in [2.75, 3.05) is 13.7 Å². The van der Waals surface area contributed by atoms with Gasteiger partial charge in [0.2, 0.25) is 0 Å². The number of halogens is 1. The fraction of sp³-hybridized carbons (Fsp3) is 0.294. The molecule has 4 nitrogen and oxygen atoms in total. The molecule has 0 heterocycles. The SMILES string of the molecule is COc1cc(CC(N)CO)ccc1OCc1ccc(Cl)cc1. The first-order valence-electron chi connectivity index (χ1n) is 7.03. The quantitative estimate of drug-likeness (QED) is 0.823. The Kier molecular flexibility index (Phi) is 6.07. The summed E-state index contributed by atoms with van der Waals surface area (Å²) < 4.78 is 11.2. The van der Waals surface area contributed by atoms with Crippen molar-refractivity contribution in [1.29, 1.82) is 0 Å². The molecule has 3 N–H and O–H groups in total. The Labute approximate surface area is 135 Å². The van der Waals surface area contributed by atoms with E-state index in [2.05, 4.69) is 0 Å². The fourth-order valence-corrected chi connectivity index (χ4v) is 2.19. The third-order valence-electron chi connectivity index (χ3n) is 3.27. The maximum atomic E-state index is 9.02. The second kappa shape index (κ2) is 8.03. The van der Waals surface area contributed by atoms with E-state index >= 15 is 0 Å². The molecule has 0 aliphatic heterocycles. The largest absolute Gasteiger partial charge is 0.493 e.